The number of carbonyl (C=O) groups excluding carboxylic acids is 1. The minimum absolute atomic E-state index is 0.0170. The van der Waals surface area contributed by atoms with Crippen LogP contribution in [-0.2, 0) is 24.3 Å². The summed E-state index contributed by atoms with van der Waals surface area (Å²) in [7, 11) is 0. The molecule has 0 N–H and O–H groups in total. The molecule has 0 atom stereocenters. The first-order valence-corrected chi connectivity index (χ1v) is 11.3. The number of amides is 1. The van der Waals surface area contributed by atoms with Crippen molar-refractivity contribution >= 4 is 11.8 Å². The van der Waals surface area contributed by atoms with Crippen LogP contribution in [0.15, 0.2) is 88.0 Å². The van der Waals surface area contributed by atoms with E-state index in [2.05, 4.69) is 23.9 Å². The van der Waals surface area contributed by atoms with Crippen LogP contribution in [0.2, 0.25) is 0 Å². The summed E-state index contributed by atoms with van der Waals surface area (Å²) in [6.45, 7) is 6.46. The van der Waals surface area contributed by atoms with E-state index in [-0.39, 0.29) is 5.91 Å². The molecular formula is C27H29N3O3. The Morgan fingerprint density at radius 1 is 0.879 bits per heavy atom. The average Bonchev–Trinajstić information content (AvgIpc) is 3.51. The minimum atomic E-state index is 0.0170. The monoisotopic (exact) mass is 443 g/mol. The first-order valence-electron chi connectivity index (χ1n) is 11.3. The van der Waals surface area contributed by atoms with Gasteiger partial charge in [-0.1, -0.05) is 65.8 Å². The van der Waals surface area contributed by atoms with Crippen molar-refractivity contribution in [2.75, 3.05) is 18.0 Å². The number of aromatic nitrogens is 1. The lowest BCUT2D eigenvalue weighted by molar-refractivity contribution is -0.132. The summed E-state index contributed by atoms with van der Waals surface area (Å²) in [5, 5.41) is 4.42. The third kappa shape index (κ3) is 5.34. The smallest absolute Gasteiger partial charge is 0.232 e. The van der Waals surface area contributed by atoms with Crippen LogP contribution >= 0.6 is 0 Å². The Balaban J connectivity index is 1.70. The van der Waals surface area contributed by atoms with Gasteiger partial charge in [-0.3, -0.25) is 4.79 Å². The lowest BCUT2D eigenvalue weighted by Gasteiger charge is -2.24. The number of carbonyl (C=O) groups is 1. The van der Waals surface area contributed by atoms with E-state index in [0.717, 1.165) is 41.2 Å². The molecule has 2 heterocycles. The molecule has 0 saturated carbocycles. The van der Waals surface area contributed by atoms with Gasteiger partial charge in [0.1, 0.15) is 11.5 Å². The van der Waals surface area contributed by atoms with Gasteiger partial charge < -0.3 is 18.7 Å². The molecule has 0 radical (unpaired) electrons. The van der Waals surface area contributed by atoms with Crippen molar-refractivity contribution in [2.24, 2.45) is 0 Å². The molecule has 0 saturated heterocycles. The van der Waals surface area contributed by atoms with Crippen molar-refractivity contribution in [3.8, 4) is 11.3 Å². The molecule has 2 aromatic heterocycles. The van der Waals surface area contributed by atoms with E-state index < -0.39 is 0 Å². The molecular weight excluding hydrogens is 414 g/mol. The van der Waals surface area contributed by atoms with Crippen molar-refractivity contribution in [2.45, 2.75) is 33.4 Å². The van der Waals surface area contributed by atoms with E-state index in [9.17, 15) is 4.79 Å². The van der Waals surface area contributed by atoms with Crippen molar-refractivity contribution < 1.29 is 13.7 Å². The van der Waals surface area contributed by atoms with Crippen LogP contribution in [0.4, 0.5) is 5.88 Å². The topological polar surface area (TPSA) is 62.7 Å². The molecule has 1 amide bonds. The zero-order valence-corrected chi connectivity index (χ0v) is 19.1. The van der Waals surface area contributed by atoms with Crippen molar-refractivity contribution in [3.05, 3.63) is 95.9 Å². The number of benzene rings is 2. The normalized spacial score (nSPS) is 10.8. The van der Waals surface area contributed by atoms with Gasteiger partial charge in [0.15, 0.2) is 0 Å². The molecule has 0 aliphatic carbocycles. The van der Waals surface area contributed by atoms with E-state index in [1.165, 1.54) is 0 Å². The average molecular weight is 444 g/mol. The Kier molecular flexibility index (Phi) is 7.25. The van der Waals surface area contributed by atoms with Gasteiger partial charge in [-0.25, -0.2) is 0 Å². The van der Waals surface area contributed by atoms with Crippen LogP contribution in [-0.4, -0.2) is 29.1 Å². The Morgan fingerprint density at radius 3 is 2.21 bits per heavy atom. The van der Waals surface area contributed by atoms with Crippen molar-refractivity contribution in [1.29, 1.82) is 0 Å². The summed E-state index contributed by atoms with van der Waals surface area (Å²) in [5.74, 6) is 1.46. The van der Waals surface area contributed by atoms with E-state index in [0.29, 0.717) is 25.4 Å². The summed E-state index contributed by atoms with van der Waals surface area (Å²) in [5.41, 5.74) is 3.60. The maximum atomic E-state index is 13.5. The molecule has 0 aliphatic rings. The number of hydrogen-bond acceptors (Lipinski definition) is 5. The predicted molar refractivity (Wildman–Crippen MR) is 129 cm³/mol. The number of nitrogens with zero attached hydrogens (tertiary/aromatic N) is 3. The van der Waals surface area contributed by atoms with Gasteiger partial charge in [0, 0.05) is 18.7 Å². The van der Waals surface area contributed by atoms with E-state index >= 15 is 0 Å². The second-order valence-corrected chi connectivity index (χ2v) is 7.84. The molecule has 4 rings (SSSR count). The predicted octanol–water partition coefficient (Wildman–Crippen LogP) is 5.55. The van der Waals surface area contributed by atoms with Gasteiger partial charge >= 0.3 is 0 Å². The fourth-order valence-electron chi connectivity index (χ4n) is 3.92. The Hall–Kier alpha value is -3.80. The van der Waals surface area contributed by atoms with Gasteiger partial charge in [-0.05, 0) is 31.5 Å². The maximum absolute atomic E-state index is 13.5. The van der Waals surface area contributed by atoms with Gasteiger partial charge in [-0.15, -0.1) is 0 Å². The first-order chi connectivity index (χ1) is 16.2. The van der Waals surface area contributed by atoms with Crippen LogP contribution in [0.3, 0.4) is 0 Å². The highest BCUT2D eigenvalue weighted by atomic mass is 16.5. The van der Waals surface area contributed by atoms with Gasteiger partial charge in [-0.2, -0.15) is 0 Å². The fourth-order valence-corrected chi connectivity index (χ4v) is 3.92. The maximum Gasteiger partial charge on any atom is 0.232 e. The summed E-state index contributed by atoms with van der Waals surface area (Å²) in [6, 6.07) is 23.5. The van der Waals surface area contributed by atoms with E-state index in [1.807, 2.05) is 77.7 Å². The highest BCUT2D eigenvalue weighted by Crippen LogP contribution is 2.33. The quantitative estimate of drug-likeness (QED) is 0.321. The standard InChI is InChI=1S/C27H29N3O3/c1-3-29(4-2)27-24(26(28-33-27)22-14-9-6-10-15-22)20-30(19-23-16-11-17-32-23)25(31)18-21-12-7-5-8-13-21/h5-17H,3-4,18-20H2,1-2H3. The van der Waals surface area contributed by atoms with Crippen LogP contribution in [0.1, 0.15) is 30.7 Å². The van der Waals surface area contributed by atoms with E-state index in [4.69, 9.17) is 8.94 Å². The van der Waals surface area contributed by atoms with E-state index in [1.54, 1.807) is 6.26 Å². The number of furan rings is 1. The van der Waals surface area contributed by atoms with Crippen LogP contribution in [0.5, 0.6) is 0 Å². The molecule has 0 fully saturated rings. The van der Waals surface area contributed by atoms with Crippen LogP contribution in [0, 0.1) is 0 Å². The fraction of sp³-hybridized carbons (Fsp3) is 0.259. The number of anilines is 1. The van der Waals surface area contributed by atoms with Gasteiger partial charge in [0.05, 0.1) is 31.3 Å². The number of rotatable bonds is 10. The minimum Gasteiger partial charge on any atom is -0.467 e. The molecule has 33 heavy (non-hydrogen) atoms. The molecule has 0 spiro atoms. The van der Waals surface area contributed by atoms with Crippen molar-refractivity contribution in [1.82, 2.24) is 10.1 Å². The molecule has 0 aliphatic heterocycles. The van der Waals surface area contributed by atoms with Gasteiger partial charge in [0.25, 0.3) is 0 Å². The summed E-state index contributed by atoms with van der Waals surface area (Å²) >= 11 is 0. The largest absolute Gasteiger partial charge is 0.467 e. The molecule has 2 aromatic carbocycles. The second kappa shape index (κ2) is 10.7. The summed E-state index contributed by atoms with van der Waals surface area (Å²) in [4.78, 5) is 17.4. The Labute approximate surface area is 194 Å². The SMILES string of the molecule is CCN(CC)c1onc(-c2ccccc2)c1CN(Cc1ccco1)C(=O)Cc1ccccc1. The third-order valence-electron chi connectivity index (χ3n) is 5.69. The first kappa shape index (κ1) is 22.4. The zero-order valence-electron chi connectivity index (χ0n) is 19.1. The molecule has 0 bridgehead atoms. The summed E-state index contributed by atoms with van der Waals surface area (Å²) < 4.78 is 11.4. The Morgan fingerprint density at radius 2 is 1.58 bits per heavy atom. The lowest BCUT2D eigenvalue weighted by Crippen LogP contribution is -2.32. The molecule has 6 heteroatoms. The van der Waals surface area contributed by atoms with Crippen molar-refractivity contribution in [3.63, 3.8) is 0 Å². The molecule has 170 valence electrons. The Bertz CT molecular complexity index is 1130. The number of hydrogen-bond donors (Lipinski definition) is 0. The zero-order chi connectivity index (χ0) is 23.0. The third-order valence-corrected chi connectivity index (χ3v) is 5.69. The molecule has 4 aromatic rings. The highest BCUT2D eigenvalue weighted by Gasteiger charge is 2.26. The summed E-state index contributed by atoms with van der Waals surface area (Å²) in [6.07, 6.45) is 1.94. The lowest BCUT2D eigenvalue weighted by atomic mass is 10.1. The van der Waals surface area contributed by atoms with Crippen LogP contribution < -0.4 is 4.90 Å². The van der Waals surface area contributed by atoms with Gasteiger partial charge in [0.2, 0.25) is 11.8 Å². The molecule has 6 nitrogen and oxygen atoms in total. The second-order valence-electron chi connectivity index (χ2n) is 7.84. The highest BCUT2D eigenvalue weighted by molar-refractivity contribution is 5.79. The molecule has 0 unspecified atom stereocenters. The van der Waals surface area contributed by atoms with Crippen LogP contribution in [0.25, 0.3) is 11.3 Å².